The Bertz CT molecular complexity index is 800. The first kappa shape index (κ1) is 17.0. The number of nitriles is 1. The minimum absolute atomic E-state index is 0.0489. The normalized spacial score (nSPS) is 11.0. The molecule has 1 heterocycles. The van der Waals surface area contributed by atoms with Crippen LogP contribution in [0.5, 0.6) is 0 Å². The Labute approximate surface area is 143 Å². The first-order valence-corrected chi connectivity index (χ1v) is 7.98. The topological polar surface area (TPSA) is 77.8 Å². The predicted octanol–water partition coefficient (Wildman–Crippen LogP) is 4.18. The Morgan fingerprint density at radius 2 is 2.13 bits per heavy atom. The van der Waals surface area contributed by atoms with Crippen molar-refractivity contribution in [1.29, 1.82) is 5.26 Å². The van der Waals surface area contributed by atoms with Gasteiger partial charge in [0.1, 0.15) is 11.6 Å². The zero-order chi connectivity index (χ0) is 17.0. The van der Waals surface area contributed by atoms with E-state index in [1.165, 1.54) is 17.5 Å². The second-order valence-corrected chi connectivity index (χ2v) is 6.50. The molecule has 0 atom stereocenters. The van der Waals surface area contributed by atoms with E-state index in [2.05, 4.69) is 15.6 Å². The third kappa shape index (κ3) is 4.31. The minimum Gasteiger partial charge on any atom is -0.337 e. The fourth-order valence-corrected chi connectivity index (χ4v) is 2.65. The third-order valence-corrected chi connectivity index (χ3v) is 4.57. The maximum absolute atomic E-state index is 12.1. The van der Waals surface area contributed by atoms with Crippen LogP contribution in [0.4, 0.5) is 10.8 Å². The van der Waals surface area contributed by atoms with Crippen molar-refractivity contribution >= 4 is 39.7 Å². The second-order valence-electron chi connectivity index (χ2n) is 4.89. The largest absolute Gasteiger partial charge is 0.337 e. The van der Waals surface area contributed by atoms with E-state index >= 15 is 0 Å². The van der Waals surface area contributed by atoms with Crippen LogP contribution in [0.2, 0.25) is 5.02 Å². The van der Waals surface area contributed by atoms with E-state index in [4.69, 9.17) is 16.9 Å². The monoisotopic (exact) mass is 346 g/mol. The summed E-state index contributed by atoms with van der Waals surface area (Å²) in [5.41, 5.74) is 2.32. The van der Waals surface area contributed by atoms with Crippen molar-refractivity contribution in [3.05, 3.63) is 51.1 Å². The average molecular weight is 347 g/mol. The number of hydrogen-bond acceptors (Lipinski definition) is 5. The predicted molar refractivity (Wildman–Crippen MR) is 93.7 cm³/mol. The number of carbonyl (C=O) groups excluding carboxylic acids is 1. The van der Waals surface area contributed by atoms with E-state index in [1.54, 1.807) is 18.2 Å². The molecule has 118 valence electrons. The van der Waals surface area contributed by atoms with Gasteiger partial charge in [-0.3, -0.25) is 4.79 Å². The van der Waals surface area contributed by atoms with Gasteiger partial charge in [-0.2, -0.15) is 5.26 Å². The number of nitrogens with zero attached hydrogens (tertiary/aromatic N) is 2. The van der Waals surface area contributed by atoms with Gasteiger partial charge < -0.3 is 10.6 Å². The van der Waals surface area contributed by atoms with Gasteiger partial charge in [0.2, 0.25) is 0 Å². The summed E-state index contributed by atoms with van der Waals surface area (Å²) in [5, 5.41) is 15.9. The number of thiazole rings is 1. The number of carbonyl (C=O) groups is 1. The molecule has 23 heavy (non-hydrogen) atoms. The van der Waals surface area contributed by atoms with E-state index < -0.39 is 5.91 Å². The maximum atomic E-state index is 12.1. The van der Waals surface area contributed by atoms with Crippen molar-refractivity contribution in [2.75, 3.05) is 10.6 Å². The lowest BCUT2D eigenvalue weighted by molar-refractivity contribution is -0.112. The fourth-order valence-electron chi connectivity index (χ4n) is 1.69. The van der Waals surface area contributed by atoms with Crippen molar-refractivity contribution in [2.45, 2.75) is 20.8 Å². The molecule has 1 aromatic heterocycles. The van der Waals surface area contributed by atoms with Gasteiger partial charge in [0.15, 0.2) is 5.13 Å². The molecule has 7 heteroatoms. The van der Waals surface area contributed by atoms with Gasteiger partial charge in [-0.15, -0.1) is 11.3 Å². The maximum Gasteiger partial charge on any atom is 0.267 e. The lowest BCUT2D eigenvalue weighted by Crippen LogP contribution is -2.14. The number of rotatable bonds is 4. The molecule has 5 nitrogen and oxygen atoms in total. The molecule has 2 N–H and O–H groups in total. The summed E-state index contributed by atoms with van der Waals surface area (Å²) < 4.78 is 0. The van der Waals surface area contributed by atoms with Crippen LogP contribution >= 0.6 is 22.9 Å². The Morgan fingerprint density at radius 1 is 1.39 bits per heavy atom. The van der Waals surface area contributed by atoms with Crippen LogP contribution < -0.4 is 10.6 Å². The van der Waals surface area contributed by atoms with Gasteiger partial charge in [-0.1, -0.05) is 17.7 Å². The molecule has 2 aromatic rings. The van der Waals surface area contributed by atoms with E-state index in [0.29, 0.717) is 15.8 Å². The third-order valence-electron chi connectivity index (χ3n) is 3.16. The SMILES string of the molecule is Cc1ccc(NC(=O)/C(C#N)=C\Nc2nc(C)c(C)s2)cc1Cl. The quantitative estimate of drug-likeness (QED) is 0.643. The average Bonchev–Trinajstić information content (AvgIpc) is 2.82. The van der Waals surface area contributed by atoms with Crippen LogP contribution in [-0.2, 0) is 4.79 Å². The van der Waals surface area contributed by atoms with E-state index in [9.17, 15) is 4.79 Å². The molecule has 0 spiro atoms. The smallest absolute Gasteiger partial charge is 0.267 e. The molecule has 0 fully saturated rings. The zero-order valence-electron chi connectivity index (χ0n) is 12.9. The number of benzene rings is 1. The van der Waals surface area contributed by atoms with Crippen molar-refractivity contribution in [3.8, 4) is 6.07 Å². The van der Waals surface area contributed by atoms with Crippen LogP contribution in [0.15, 0.2) is 30.0 Å². The number of aromatic nitrogens is 1. The number of amides is 1. The Hall–Kier alpha value is -2.36. The van der Waals surface area contributed by atoms with Crippen LogP contribution in [0, 0.1) is 32.1 Å². The van der Waals surface area contributed by atoms with Gasteiger partial charge in [-0.25, -0.2) is 4.98 Å². The number of aryl methyl sites for hydroxylation is 3. The van der Waals surface area contributed by atoms with Crippen LogP contribution in [-0.4, -0.2) is 10.9 Å². The Kier molecular flexibility index (Phi) is 5.37. The molecule has 0 aliphatic heterocycles. The summed E-state index contributed by atoms with van der Waals surface area (Å²) in [5.74, 6) is -0.509. The summed E-state index contributed by atoms with van der Waals surface area (Å²) in [6, 6.07) is 7.04. The standard InChI is InChI=1S/C16H15ClN4OS/c1-9-4-5-13(6-14(9)17)21-15(22)12(7-18)8-19-16-20-10(2)11(3)23-16/h4-6,8H,1-3H3,(H,19,20)(H,21,22)/b12-8-. The molecule has 1 amide bonds. The van der Waals surface area contributed by atoms with Crippen LogP contribution in [0.25, 0.3) is 0 Å². The molecule has 1 aromatic carbocycles. The fraction of sp³-hybridized carbons (Fsp3) is 0.188. The first-order chi connectivity index (χ1) is 10.9. The Balaban J connectivity index is 2.10. The summed E-state index contributed by atoms with van der Waals surface area (Å²) >= 11 is 7.48. The highest BCUT2D eigenvalue weighted by atomic mass is 35.5. The highest BCUT2D eigenvalue weighted by Gasteiger charge is 2.11. The summed E-state index contributed by atoms with van der Waals surface area (Å²) in [4.78, 5) is 17.5. The first-order valence-electron chi connectivity index (χ1n) is 6.79. The van der Waals surface area contributed by atoms with Gasteiger partial charge in [0, 0.05) is 21.8 Å². The molecule has 0 saturated heterocycles. The van der Waals surface area contributed by atoms with Crippen molar-refractivity contribution in [2.24, 2.45) is 0 Å². The van der Waals surface area contributed by atoms with E-state index in [1.807, 2.05) is 26.8 Å². The summed E-state index contributed by atoms with van der Waals surface area (Å²) in [6.07, 6.45) is 1.35. The van der Waals surface area contributed by atoms with E-state index in [0.717, 1.165) is 16.1 Å². The second kappa shape index (κ2) is 7.27. The van der Waals surface area contributed by atoms with Crippen molar-refractivity contribution in [1.82, 2.24) is 4.98 Å². The molecule has 0 unspecified atom stereocenters. The number of nitrogens with one attached hydrogen (secondary N) is 2. The lowest BCUT2D eigenvalue weighted by Gasteiger charge is -2.06. The van der Waals surface area contributed by atoms with Gasteiger partial charge in [0.05, 0.1) is 5.69 Å². The molecular formula is C16H15ClN4OS. The number of anilines is 2. The molecular weight excluding hydrogens is 332 g/mol. The van der Waals surface area contributed by atoms with Gasteiger partial charge >= 0.3 is 0 Å². The summed E-state index contributed by atoms with van der Waals surface area (Å²) in [6.45, 7) is 5.73. The van der Waals surface area contributed by atoms with E-state index in [-0.39, 0.29) is 5.57 Å². The highest BCUT2D eigenvalue weighted by Crippen LogP contribution is 2.22. The van der Waals surface area contributed by atoms with Gasteiger partial charge in [0.25, 0.3) is 5.91 Å². The van der Waals surface area contributed by atoms with Crippen molar-refractivity contribution in [3.63, 3.8) is 0 Å². The summed E-state index contributed by atoms with van der Waals surface area (Å²) in [7, 11) is 0. The number of halogens is 1. The minimum atomic E-state index is -0.509. The van der Waals surface area contributed by atoms with Gasteiger partial charge in [-0.05, 0) is 38.5 Å². The Morgan fingerprint density at radius 3 is 2.70 bits per heavy atom. The molecule has 0 saturated carbocycles. The molecule has 0 aliphatic rings. The zero-order valence-corrected chi connectivity index (χ0v) is 14.5. The molecule has 2 rings (SSSR count). The number of hydrogen-bond donors (Lipinski definition) is 2. The van der Waals surface area contributed by atoms with Crippen LogP contribution in [0.3, 0.4) is 0 Å². The van der Waals surface area contributed by atoms with Crippen LogP contribution in [0.1, 0.15) is 16.1 Å². The molecule has 0 radical (unpaired) electrons. The molecule has 0 bridgehead atoms. The highest BCUT2D eigenvalue weighted by molar-refractivity contribution is 7.15. The molecule has 0 aliphatic carbocycles. The lowest BCUT2D eigenvalue weighted by atomic mass is 10.2. The van der Waals surface area contributed by atoms with Crippen molar-refractivity contribution < 1.29 is 4.79 Å².